The van der Waals surface area contributed by atoms with Gasteiger partial charge >= 0.3 is 6.03 Å². The van der Waals surface area contributed by atoms with Crippen LogP contribution in [0, 0.1) is 0 Å². The molecule has 1 unspecified atom stereocenters. The molecular formula is C11H14N6OS. The Morgan fingerprint density at radius 2 is 2.00 bits per heavy atom. The largest absolute Gasteiger partial charge is 0.325 e. The molecule has 1 aromatic carbocycles. The Bertz CT molecular complexity index is 527. The number of nitrogens with zero attached hydrogens (tertiary/aromatic N) is 3. The first-order valence-corrected chi connectivity index (χ1v) is 6.46. The number of anilines is 2. The van der Waals surface area contributed by atoms with Gasteiger partial charge in [0.05, 0.1) is 0 Å². The molecule has 2 aromatic rings. The van der Waals surface area contributed by atoms with Crippen LogP contribution in [0.2, 0.25) is 0 Å². The van der Waals surface area contributed by atoms with E-state index in [0.717, 1.165) is 17.1 Å². The van der Waals surface area contributed by atoms with E-state index >= 15 is 0 Å². The monoisotopic (exact) mass is 278 g/mol. The molecule has 0 aliphatic heterocycles. The summed E-state index contributed by atoms with van der Waals surface area (Å²) in [4.78, 5) is 11.6. The zero-order chi connectivity index (χ0) is 13.7. The maximum atomic E-state index is 11.6. The zero-order valence-electron chi connectivity index (χ0n) is 10.5. The van der Waals surface area contributed by atoms with Crippen molar-refractivity contribution < 1.29 is 4.79 Å². The number of benzene rings is 1. The zero-order valence-corrected chi connectivity index (χ0v) is 11.4. The van der Waals surface area contributed by atoms with Gasteiger partial charge in [-0.05, 0) is 36.9 Å². The Kier molecular flexibility index (Phi) is 4.37. The van der Waals surface area contributed by atoms with Crippen LogP contribution >= 0.6 is 11.5 Å². The van der Waals surface area contributed by atoms with Gasteiger partial charge in [-0.1, -0.05) is 21.7 Å². The number of amides is 2. The molecule has 1 heterocycles. The maximum absolute atomic E-state index is 11.6. The van der Waals surface area contributed by atoms with Crippen LogP contribution in [0.5, 0.6) is 0 Å². The van der Waals surface area contributed by atoms with Crippen molar-refractivity contribution in [3.63, 3.8) is 0 Å². The fourth-order valence-corrected chi connectivity index (χ4v) is 1.82. The SMILES string of the molecule is CNC(C)c1ccc(NC(=O)Nc2nnns2)cc1. The standard InChI is InChI=1S/C11H14N6OS/c1-7(12-2)8-3-5-9(6-4-8)13-10(18)14-11-15-16-17-19-11/h3-7,12H,1-2H3,(H2,13,14,15,17,18). The lowest BCUT2D eigenvalue weighted by molar-refractivity contribution is 0.262. The molecule has 1 atom stereocenters. The molecule has 100 valence electrons. The molecule has 0 bridgehead atoms. The van der Waals surface area contributed by atoms with Gasteiger partial charge in [-0.15, -0.1) is 0 Å². The highest BCUT2D eigenvalue weighted by Gasteiger charge is 2.06. The van der Waals surface area contributed by atoms with Crippen molar-refractivity contribution in [3.8, 4) is 0 Å². The minimum atomic E-state index is -0.368. The van der Waals surface area contributed by atoms with E-state index in [1.165, 1.54) is 0 Å². The van der Waals surface area contributed by atoms with Gasteiger partial charge in [0.25, 0.3) is 0 Å². The quantitative estimate of drug-likeness (QED) is 0.794. The molecule has 0 saturated heterocycles. The Morgan fingerprint density at radius 3 is 2.58 bits per heavy atom. The second-order valence-electron chi connectivity index (χ2n) is 3.88. The molecule has 1 aromatic heterocycles. The summed E-state index contributed by atoms with van der Waals surface area (Å²) in [5, 5.41) is 15.8. The average molecular weight is 278 g/mol. The van der Waals surface area contributed by atoms with Crippen LogP contribution in [-0.2, 0) is 0 Å². The predicted molar refractivity (Wildman–Crippen MR) is 74.3 cm³/mol. The lowest BCUT2D eigenvalue weighted by Crippen LogP contribution is -2.19. The molecule has 19 heavy (non-hydrogen) atoms. The number of nitrogens with one attached hydrogen (secondary N) is 3. The molecule has 0 aliphatic carbocycles. The number of aromatic nitrogens is 3. The highest BCUT2D eigenvalue weighted by atomic mass is 32.1. The van der Waals surface area contributed by atoms with Crippen molar-refractivity contribution in [2.45, 2.75) is 13.0 Å². The van der Waals surface area contributed by atoms with Crippen molar-refractivity contribution in [1.82, 2.24) is 20.1 Å². The second-order valence-corrected chi connectivity index (χ2v) is 4.61. The Morgan fingerprint density at radius 1 is 1.26 bits per heavy atom. The minimum Gasteiger partial charge on any atom is -0.313 e. The first kappa shape index (κ1) is 13.4. The molecule has 0 saturated carbocycles. The van der Waals surface area contributed by atoms with Gasteiger partial charge in [-0.25, -0.2) is 4.79 Å². The molecule has 0 radical (unpaired) electrons. The predicted octanol–water partition coefficient (Wildman–Crippen LogP) is 1.86. The van der Waals surface area contributed by atoms with Crippen LogP contribution < -0.4 is 16.0 Å². The summed E-state index contributed by atoms with van der Waals surface area (Å²) in [6, 6.07) is 7.53. The molecule has 3 N–H and O–H groups in total. The van der Waals surface area contributed by atoms with Gasteiger partial charge in [0.1, 0.15) is 0 Å². The maximum Gasteiger partial charge on any atom is 0.325 e. The van der Waals surface area contributed by atoms with E-state index in [0.29, 0.717) is 10.8 Å². The molecule has 0 aliphatic rings. The summed E-state index contributed by atoms with van der Waals surface area (Å²) in [6.45, 7) is 2.07. The normalized spacial score (nSPS) is 11.9. The van der Waals surface area contributed by atoms with E-state index in [1.807, 2.05) is 31.3 Å². The summed E-state index contributed by atoms with van der Waals surface area (Å²) in [5.41, 5.74) is 1.86. The van der Waals surface area contributed by atoms with Crippen LogP contribution in [-0.4, -0.2) is 27.9 Å². The van der Waals surface area contributed by atoms with E-state index < -0.39 is 0 Å². The first-order chi connectivity index (χ1) is 9.19. The van der Waals surface area contributed by atoms with Crippen LogP contribution in [0.1, 0.15) is 18.5 Å². The van der Waals surface area contributed by atoms with Crippen molar-refractivity contribution in [2.24, 2.45) is 0 Å². The average Bonchev–Trinajstić information content (AvgIpc) is 2.91. The van der Waals surface area contributed by atoms with Gasteiger partial charge in [0, 0.05) is 23.3 Å². The van der Waals surface area contributed by atoms with Crippen LogP contribution in [0.4, 0.5) is 15.6 Å². The number of hydrogen-bond donors (Lipinski definition) is 3. The van der Waals surface area contributed by atoms with Gasteiger partial charge < -0.3 is 10.6 Å². The number of urea groups is 1. The van der Waals surface area contributed by atoms with Crippen LogP contribution in [0.25, 0.3) is 0 Å². The van der Waals surface area contributed by atoms with Crippen LogP contribution in [0.15, 0.2) is 24.3 Å². The summed E-state index contributed by atoms with van der Waals surface area (Å²) < 4.78 is 3.55. The lowest BCUT2D eigenvalue weighted by Gasteiger charge is -2.11. The Hall–Kier alpha value is -2.06. The minimum absolute atomic E-state index is 0.273. The van der Waals surface area contributed by atoms with Crippen molar-refractivity contribution in [1.29, 1.82) is 0 Å². The number of hydrogen-bond acceptors (Lipinski definition) is 6. The van der Waals surface area contributed by atoms with Gasteiger partial charge in [0.15, 0.2) is 0 Å². The van der Waals surface area contributed by atoms with Crippen molar-refractivity contribution in [2.75, 3.05) is 17.7 Å². The first-order valence-electron chi connectivity index (χ1n) is 5.69. The smallest absolute Gasteiger partial charge is 0.313 e. The van der Waals surface area contributed by atoms with Crippen molar-refractivity contribution >= 4 is 28.4 Å². The topological polar surface area (TPSA) is 91.8 Å². The van der Waals surface area contributed by atoms with E-state index in [4.69, 9.17) is 0 Å². The molecule has 0 fully saturated rings. The molecular weight excluding hydrogens is 264 g/mol. The molecule has 2 amide bonds. The lowest BCUT2D eigenvalue weighted by atomic mass is 10.1. The molecule has 0 spiro atoms. The highest BCUT2D eigenvalue weighted by Crippen LogP contribution is 2.16. The third kappa shape index (κ3) is 3.70. The van der Waals surface area contributed by atoms with E-state index in [2.05, 4.69) is 37.7 Å². The summed E-state index contributed by atoms with van der Waals surface area (Å²) >= 11 is 1.02. The molecule has 2 rings (SSSR count). The highest BCUT2D eigenvalue weighted by molar-refractivity contribution is 7.09. The number of carbonyl (C=O) groups excluding carboxylic acids is 1. The van der Waals surface area contributed by atoms with E-state index in [1.54, 1.807) is 0 Å². The second kappa shape index (κ2) is 6.21. The van der Waals surface area contributed by atoms with Gasteiger partial charge in [-0.3, -0.25) is 5.32 Å². The van der Waals surface area contributed by atoms with E-state index in [9.17, 15) is 4.79 Å². The Labute approximate surface area is 114 Å². The number of carbonyl (C=O) groups is 1. The van der Waals surface area contributed by atoms with Crippen LogP contribution in [0.3, 0.4) is 0 Å². The fraction of sp³-hybridized carbons (Fsp3) is 0.273. The fourth-order valence-electron chi connectivity index (χ4n) is 1.46. The summed E-state index contributed by atoms with van der Waals surface area (Å²) in [5.74, 6) is 0. The molecule has 7 nitrogen and oxygen atoms in total. The summed E-state index contributed by atoms with van der Waals surface area (Å²) in [6.07, 6.45) is 0. The van der Waals surface area contributed by atoms with Crippen molar-refractivity contribution in [3.05, 3.63) is 29.8 Å². The third-order valence-electron chi connectivity index (χ3n) is 2.62. The van der Waals surface area contributed by atoms with Gasteiger partial charge in [-0.2, -0.15) is 0 Å². The summed E-state index contributed by atoms with van der Waals surface area (Å²) in [7, 11) is 1.90. The number of rotatable bonds is 4. The Balaban J connectivity index is 1.94. The van der Waals surface area contributed by atoms with E-state index in [-0.39, 0.29) is 12.1 Å². The van der Waals surface area contributed by atoms with Gasteiger partial charge in [0.2, 0.25) is 5.13 Å². The third-order valence-corrected chi connectivity index (χ3v) is 3.13. The molecule has 8 heteroatoms.